The third-order valence-electron chi connectivity index (χ3n) is 4.39. The van der Waals surface area contributed by atoms with Gasteiger partial charge in [0, 0.05) is 30.0 Å². The first-order valence-electron chi connectivity index (χ1n) is 8.14. The minimum atomic E-state index is -0.290. The van der Waals surface area contributed by atoms with Gasteiger partial charge in [0.05, 0.1) is 11.6 Å². The van der Waals surface area contributed by atoms with E-state index in [-0.39, 0.29) is 17.9 Å². The molecule has 1 saturated carbocycles. The van der Waals surface area contributed by atoms with E-state index < -0.39 is 0 Å². The second-order valence-electron chi connectivity index (χ2n) is 5.95. The molecule has 0 spiro atoms. The summed E-state index contributed by atoms with van der Waals surface area (Å²) < 4.78 is 0. The number of aliphatic hydroxyl groups is 1. The van der Waals surface area contributed by atoms with Crippen LogP contribution in [0.3, 0.4) is 0 Å². The van der Waals surface area contributed by atoms with Crippen LogP contribution in [-0.4, -0.2) is 40.2 Å². The van der Waals surface area contributed by atoms with Gasteiger partial charge < -0.3 is 15.7 Å². The van der Waals surface area contributed by atoms with E-state index in [1.165, 1.54) is 6.33 Å². The molecule has 1 fully saturated rings. The third kappa shape index (κ3) is 3.42. The zero-order valence-electron chi connectivity index (χ0n) is 13.2. The summed E-state index contributed by atoms with van der Waals surface area (Å²) in [5.74, 6) is 0.815. The number of hydrogen-bond donors (Lipinski definition) is 3. The molecule has 1 amide bonds. The van der Waals surface area contributed by atoms with Gasteiger partial charge in [0.1, 0.15) is 12.1 Å². The first-order chi connectivity index (χ1) is 11.2. The fourth-order valence-corrected chi connectivity index (χ4v) is 3.09. The molecule has 1 aliphatic carbocycles. The third-order valence-corrected chi connectivity index (χ3v) is 4.39. The first-order valence-corrected chi connectivity index (χ1v) is 8.14. The van der Waals surface area contributed by atoms with Crippen molar-refractivity contribution >= 4 is 22.6 Å². The molecule has 0 radical (unpaired) electrons. The van der Waals surface area contributed by atoms with Gasteiger partial charge in [0.2, 0.25) is 0 Å². The van der Waals surface area contributed by atoms with Crippen LogP contribution in [0.5, 0.6) is 0 Å². The van der Waals surface area contributed by atoms with E-state index in [0.29, 0.717) is 12.1 Å². The van der Waals surface area contributed by atoms with Crippen molar-refractivity contribution in [3.63, 3.8) is 0 Å². The van der Waals surface area contributed by atoms with Crippen molar-refractivity contribution in [2.45, 2.75) is 32.3 Å². The molecule has 1 aliphatic rings. The Bertz CT molecular complexity index is 704. The summed E-state index contributed by atoms with van der Waals surface area (Å²) in [6.45, 7) is 3.30. The van der Waals surface area contributed by atoms with Crippen molar-refractivity contribution in [2.75, 3.05) is 18.4 Å². The standard InChI is InChI=1S/C17H22N4O2/c1-2-18-16-13-7-6-11(8-14(13)20-10-21-16)17(23)19-9-12-4-3-5-15(12)22/h6-8,10,12,15,22H,2-5,9H2,1H3,(H,19,23)(H,18,20,21)/t12-,15+/m1/s1. The minimum absolute atomic E-state index is 0.130. The molecule has 0 bridgehead atoms. The molecule has 122 valence electrons. The fraction of sp³-hybridized carbons (Fsp3) is 0.471. The van der Waals surface area contributed by atoms with Gasteiger partial charge in [0.25, 0.3) is 5.91 Å². The quantitative estimate of drug-likeness (QED) is 0.785. The molecule has 3 rings (SSSR count). The first kappa shape index (κ1) is 15.7. The van der Waals surface area contributed by atoms with Crippen molar-refractivity contribution in [3.05, 3.63) is 30.1 Å². The molecule has 3 N–H and O–H groups in total. The molecule has 2 aromatic rings. The topological polar surface area (TPSA) is 87.1 Å². The fourth-order valence-electron chi connectivity index (χ4n) is 3.09. The lowest BCUT2D eigenvalue weighted by Crippen LogP contribution is -2.32. The van der Waals surface area contributed by atoms with Gasteiger partial charge in [0.15, 0.2) is 0 Å². The van der Waals surface area contributed by atoms with Crippen LogP contribution in [0.25, 0.3) is 10.9 Å². The van der Waals surface area contributed by atoms with Gasteiger partial charge in [-0.1, -0.05) is 6.42 Å². The molecular formula is C17H22N4O2. The molecule has 6 heteroatoms. The van der Waals surface area contributed by atoms with Crippen LogP contribution in [-0.2, 0) is 0 Å². The van der Waals surface area contributed by atoms with Crippen molar-refractivity contribution in [2.24, 2.45) is 5.92 Å². The number of rotatable bonds is 5. The average Bonchev–Trinajstić information content (AvgIpc) is 2.98. The number of benzene rings is 1. The SMILES string of the molecule is CCNc1ncnc2cc(C(=O)NC[C@H]3CCC[C@@H]3O)ccc12. The van der Waals surface area contributed by atoms with Crippen molar-refractivity contribution < 1.29 is 9.90 Å². The summed E-state index contributed by atoms with van der Waals surface area (Å²) in [4.78, 5) is 20.8. The highest BCUT2D eigenvalue weighted by atomic mass is 16.3. The van der Waals surface area contributed by atoms with Gasteiger partial charge in [-0.2, -0.15) is 0 Å². The van der Waals surface area contributed by atoms with E-state index in [4.69, 9.17) is 0 Å². The summed E-state index contributed by atoms with van der Waals surface area (Å²) in [6.07, 6.45) is 4.04. The Balaban J connectivity index is 1.73. The maximum atomic E-state index is 12.3. The normalized spacial score (nSPS) is 20.6. The maximum absolute atomic E-state index is 12.3. The summed E-state index contributed by atoms with van der Waals surface area (Å²) in [5.41, 5.74) is 1.32. The van der Waals surface area contributed by atoms with Crippen molar-refractivity contribution in [1.29, 1.82) is 0 Å². The Hall–Kier alpha value is -2.21. The summed E-state index contributed by atoms with van der Waals surface area (Å²) in [5, 5.41) is 16.8. The summed E-state index contributed by atoms with van der Waals surface area (Å²) >= 11 is 0. The van der Waals surface area contributed by atoms with E-state index >= 15 is 0 Å². The van der Waals surface area contributed by atoms with Crippen molar-refractivity contribution in [1.82, 2.24) is 15.3 Å². The predicted molar refractivity (Wildman–Crippen MR) is 89.4 cm³/mol. The Morgan fingerprint density at radius 2 is 2.22 bits per heavy atom. The average molecular weight is 314 g/mol. The van der Waals surface area contributed by atoms with E-state index in [9.17, 15) is 9.90 Å². The summed E-state index contributed by atoms with van der Waals surface area (Å²) in [6, 6.07) is 5.43. The number of fused-ring (bicyclic) bond motifs is 1. The highest BCUT2D eigenvalue weighted by Gasteiger charge is 2.25. The van der Waals surface area contributed by atoms with Crippen LogP contribution in [0.15, 0.2) is 24.5 Å². The number of amides is 1. The lowest BCUT2D eigenvalue weighted by molar-refractivity contribution is 0.0917. The Morgan fingerprint density at radius 1 is 1.35 bits per heavy atom. The highest BCUT2D eigenvalue weighted by Crippen LogP contribution is 2.25. The zero-order chi connectivity index (χ0) is 16.2. The second-order valence-corrected chi connectivity index (χ2v) is 5.95. The lowest BCUT2D eigenvalue weighted by atomic mass is 10.1. The molecule has 1 aromatic heterocycles. The largest absolute Gasteiger partial charge is 0.393 e. The molecule has 6 nitrogen and oxygen atoms in total. The van der Waals surface area contributed by atoms with Crippen LogP contribution in [0.4, 0.5) is 5.82 Å². The minimum Gasteiger partial charge on any atom is -0.393 e. The molecule has 1 aromatic carbocycles. The van der Waals surface area contributed by atoms with Gasteiger partial charge in [-0.05, 0) is 38.0 Å². The predicted octanol–water partition coefficient (Wildman–Crippen LogP) is 1.95. The number of nitrogens with zero attached hydrogens (tertiary/aromatic N) is 2. The number of aromatic nitrogens is 2. The van der Waals surface area contributed by atoms with Crippen LogP contribution in [0, 0.1) is 5.92 Å². The molecule has 23 heavy (non-hydrogen) atoms. The number of aliphatic hydroxyl groups excluding tert-OH is 1. The number of nitrogens with one attached hydrogen (secondary N) is 2. The van der Waals surface area contributed by atoms with Crippen LogP contribution in [0.2, 0.25) is 0 Å². The van der Waals surface area contributed by atoms with Gasteiger partial charge in [-0.15, -0.1) is 0 Å². The van der Waals surface area contributed by atoms with Crippen LogP contribution in [0.1, 0.15) is 36.5 Å². The Morgan fingerprint density at radius 3 is 2.96 bits per heavy atom. The second kappa shape index (κ2) is 6.91. The number of carbonyl (C=O) groups is 1. The molecule has 2 atom stereocenters. The maximum Gasteiger partial charge on any atom is 0.251 e. The van der Waals surface area contributed by atoms with E-state index in [0.717, 1.165) is 42.5 Å². The van der Waals surface area contributed by atoms with Crippen molar-refractivity contribution in [3.8, 4) is 0 Å². The Labute approximate surface area is 135 Å². The molecule has 0 aliphatic heterocycles. The molecule has 0 unspecified atom stereocenters. The zero-order valence-corrected chi connectivity index (χ0v) is 13.2. The van der Waals surface area contributed by atoms with E-state index in [1.54, 1.807) is 12.1 Å². The lowest BCUT2D eigenvalue weighted by Gasteiger charge is -2.15. The molecule has 0 saturated heterocycles. The van der Waals surface area contributed by atoms with E-state index in [1.807, 2.05) is 13.0 Å². The van der Waals surface area contributed by atoms with Crippen LogP contribution >= 0.6 is 0 Å². The van der Waals surface area contributed by atoms with Crippen LogP contribution < -0.4 is 10.6 Å². The number of anilines is 1. The number of hydrogen-bond acceptors (Lipinski definition) is 5. The van der Waals surface area contributed by atoms with Gasteiger partial charge in [-0.3, -0.25) is 4.79 Å². The number of carbonyl (C=O) groups excluding carboxylic acids is 1. The summed E-state index contributed by atoms with van der Waals surface area (Å²) in [7, 11) is 0. The van der Waals surface area contributed by atoms with Gasteiger partial charge in [-0.25, -0.2) is 9.97 Å². The molecular weight excluding hydrogens is 292 g/mol. The van der Waals surface area contributed by atoms with E-state index in [2.05, 4.69) is 20.6 Å². The Kier molecular flexibility index (Phi) is 4.71. The smallest absolute Gasteiger partial charge is 0.251 e. The monoisotopic (exact) mass is 314 g/mol. The highest BCUT2D eigenvalue weighted by molar-refractivity contribution is 5.99. The molecule has 1 heterocycles. The van der Waals surface area contributed by atoms with Gasteiger partial charge >= 0.3 is 0 Å².